The number of rotatable bonds is 4. The van der Waals surface area contributed by atoms with Crippen molar-refractivity contribution in [2.45, 2.75) is 9.79 Å². The number of benzene rings is 2. The molecule has 0 saturated carbocycles. The van der Waals surface area contributed by atoms with Gasteiger partial charge in [0.2, 0.25) is 9.84 Å². The molecule has 9 heteroatoms. The molecule has 0 amide bonds. The quantitative estimate of drug-likeness (QED) is 0.368. The van der Waals surface area contributed by atoms with Crippen LogP contribution in [0.2, 0.25) is 0 Å². The van der Waals surface area contributed by atoms with Gasteiger partial charge in [0, 0.05) is 6.07 Å². The van der Waals surface area contributed by atoms with Crippen LogP contribution < -0.4 is 9.47 Å². The van der Waals surface area contributed by atoms with Gasteiger partial charge >= 0.3 is 0 Å². The SMILES string of the molecule is COc1ccc(S(=O)(=O)c2cc(F)c(F)c(F)c2F)cc1OC. The van der Waals surface area contributed by atoms with Crippen LogP contribution in [-0.2, 0) is 9.84 Å². The third kappa shape index (κ3) is 2.83. The van der Waals surface area contributed by atoms with E-state index in [0.29, 0.717) is 0 Å². The molecule has 2 rings (SSSR count). The van der Waals surface area contributed by atoms with E-state index >= 15 is 0 Å². The lowest BCUT2D eigenvalue weighted by Gasteiger charge is -2.11. The molecule has 0 spiro atoms. The number of ether oxygens (including phenoxy) is 2. The lowest BCUT2D eigenvalue weighted by molar-refractivity contribution is 0.354. The minimum Gasteiger partial charge on any atom is -0.493 e. The van der Waals surface area contributed by atoms with Crippen molar-refractivity contribution >= 4 is 9.84 Å². The molecule has 2 aromatic rings. The van der Waals surface area contributed by atoms with Crippen molar-refractivity contribution in [2.24, 2.45) is 0 Å². The Kier molecular flexibility index (Phi) is 4.51. The first-order valence-electron chi connectivity index (χ1n) is 6.04. The Morgan fingerprint density at radius 3 is 2.00 bits per heavy atom. The fourth-order valence-electron chi connectivity index (χ4n) is 1.86. The molecule has 0 fully saturated rings. The average Bonchev–Trinajstić information content (AvgIpc) is 2.55. The first kappa shape index (κ1) is 17.1. The smallest absolute Gasteiger partial charge is 0.209 e. The normalized spacial score (nSPS) is 11.4. The van der Waals surface area contributed by atoms with Crippen LogP contribution in [0.4, 0.5) is 17.6 Å². The Morgan fingerprint density at radius 1 is 0.826 bits per heavy atom. The molecule has 0 N–H and O–H groups in total. The van der Waals surface area contributed by atoms with Gasteiger partial charge in [-0.1, -0.05) is 0 Å². The summed E-state index contributed by atoms with van der Waals surface area (Å²) in [7, 11) is -2.09. The molecule has 0 heterocycles. The molecule has 0 radical (unpaired) electrons. The molecule has 0 aliphatic rings. The van der Waals surface area contributed by atoms with Crippen LogP contribution >= 0.6 is 0 Å². The van der Waals surface area contributed by atoms with Gasteiger partial charge in [-0.3, -0.25) is 0 Å². The highest BCUT2D eigenvalue weighted by Gasteiger charge is 2.29. The van der Waals surface area contributed by atoms with Crippen molar-refractivity contribution in [1.82, 2.24) is 0 Å². The molecular weight excluding hydrogens is 340 g/mol. The number of hydrogen-bond acceptors (Lipinski definition) is 4. The van der Waals surface area contributed by atoms with Crippen molar-refractivity contribution in [1.29, 1.82) is 0 Å². The molecule has 0 atom stereocenters. The summed E-state index contributed by atoms with van der Waals surface area (Å²) in [4.78, 5) is -1.82. The fourth-order valence-corrected chi connectivity index (χ4v) is 3.20. The maximum atomic E-state index is 13.7. The van der Waals surface area contributed by atoms with Crippen molar-refractivity contribution in [3.05, 3.63) is 47.5 Å². The van der Waals surface area contributed by atoms with Crippen LogP contribution in [-0.4, -0.2) is 22.6 Å². The van der Waals surface area contributed by atoms with E-state index in [4.69, 9.17) is 9.47 Å². The van der Waals surface area contributed by atoms with Crippen LogP contribution in [0, 0.1) is 23.3 Å². The number of sulfone groups is 1. The van der Waals surface area contributed by atoms with Crippen molar-refractivity contribution in [3.63, 3.8) is 0 Å². The molecular formula is C14H10F4O4S. The van der Waals surface area contributed by atoms with Gasteiger partial charge < -0.3 is 9.47 Å². The molecule has 4 nitrogen and oxygen atoms in total. The fraction of sp³-hybridized carbons (Fsp3) is 0.143. The highest BCUT2D eigenvalue weighted by atomic mass is 32.2. The second-order valence-electron chi connectivity index (χ2n) is 4.32. The van der Waals surface area contributed by atoms with Gasteiger partial charge in [0.05, 0.1) is 19.1 Å². The predicted octanol–water partition coefficient (Wildman–Crippen LogP) is 3.09. The lowest BCUT2D eigenvalue weighted by atomic mass is 10.3. The van der Waals surface area contributed by atoms with Gasteiger partial charge in [-0.25, -0.2) is 26.0 Å². The summed E-state index contributed by atoms with van der Waals surface area (Å²) in [6.45, 7) is 0. The molecule has 0 aliphatic heterocycles. The first-order chi connectivity index (χ1) is 10.7. The van der Waals surface area contributed by atoms with E-state index in [2.05, 4.69) is 0 Å². The second-order valence-corrected chi connectivity index (χ2v) is 6.24. The van der Waals surface area contributed by atoms with Gasteiger partial charge in [0.15, 0.2) is 34.8 Å². The highest BCUT2D eigenvalue weighted by Crippen LogP contribution is 2.33. The largest absolute Gasteiger partial charge is 0.493 e. The van der Waals surface area contributed by atoms with Crippen LogP contribution in [0.15, 0.2) is 34.1 Å². The third-order valence-electron chi connectivity index (χ3n) is 3.02. The van der Waals surface area contributed by atoms with Crippen molar-refractivity contribution < 1.29 is 35.5 Å². The minimum atomic E-state index is -4.65. The van der Waals surface area contributed by atoms with E-state index in [1.54, 1.807) is 0 Å². The van der Waals surface area contributed by atoms with Crippen LogP contribution in [0.1, 0.15) is 0 Å². The summed E-state index contributed by atoms with van der Waals surface area (Å²) < 4.78 is 87.7. The van der Waals surface area contributed by atoms with Gasteiger partial charge in [-0.05, 0) is 18.2 Å². The Labute approximate surface area is 129 Å². The molecule has 0 aliphatic carbocycles. The molecule has 2 aromatic carbocycles. The zero-order valence-corrected chi connectivity index (χ0v) is 12.7. The maximum Gasteiger partial charge on any atom is 0.209 e. The van der Waals surface area contributed by atoms with Crippen LogP contribution in [0.5, 0.6) is 11.5 Å². The minimum absolute atomic E-state index is 0.0111. The monoisotopic (exact) mass is 350 g/mol. The van der Waals surface area contributed by atoms with E-state index in [1.165, 1.54) is 20.3 Å². The lowest BCUT2D eigenvalue weighted by Crippen LogP contribution is -2.09. The zero-order valence-electron chi connectivity index (χ0n) is 11.9. The molecule has 0 aromatic heterocycles. The van der Waals surface area contributed by atoms with Gasteiger partial charge in [0.25, 0.3) is 0 Å². The first-order valence-corrected chi connectivity index (χ1v) is 7.52. The number of halogens is 4. The standard InChI is InChI=1S/C14H10F4O4S/c1-21-9-4-3-7(5-10(9)22-2)23(19,20)11-6-8(15)12(16)14(18)13(11)17/h3-6H,1-2H3. The zero-order chi connectivity index (χ0) is 17.4. The highest BCUT2D eigenvalue weighted by molar-refractivity contribution is 7.91. The summed E-state index contributed by atoms with van der Waals surface area (Å²) in [6.07, 6.45) is 0. The average molecular weight is 350 g/mol. The van der Waals surface area contributed by atoms with Crippen molar-refractivity contribution in [3.8, 4) is 11.5 Å². The van der Waals surface area contributed by atoms with Gasteiger partial charge in [-0.15, -0.1) is 0 Å². The van der Waals surface area contributed by atoms with E-state index in [1.807, 2.05) is 0 Å². The molecule has 0 saturated heterocycles. The third-order valence-corrected chi connectivity index (χ3v) is 4.77. The molecule has 124 valence electrons. The van der Waals surface area contributed by atoms with E-state index < -0.39 is 42.9 Å². The van der Waals surface area contributed by atoms with E-state index in [0.717, 1.165) is 12.1 Å². The number of hydrogen-bond donors (Lipinski definition) is 0. The Balaban J connectivity index is 2.69. The van der Waals surface area contributed by atoms with E-state index in [9.17, 15) is 26.0 Å². The predicted molar refractivity (Wildman–Crippen MR) is 71.3 cm³/mol. The Hall–Kier alpha value is -2.29. The number of methoxy groups -OCH3 is 2. The maximum absolute atomic E-state index is 13.7. The van der Waals surface area contributed by atoms with Crippen LogP contribution in [0.25, 0.3) is 0 Å². The molecule has 0 bridgehead atoms. The summed E-state index contributed by atoms with van der Waals surface area (Å²) in [5.41, 5.74) is 0. The Morgan fingerprint density at radius 2 is 1.43 bits per heavy atom. The summed E-state index contributed by atoms with van der Waals surface area (Å²) in [6, 6.07) is 3.34. The molecule has 23 heavy (non-hydrogen) atoms. The van der Waals surface area contributed by atoms with Gasteiger partial charge in [-0.2, -0.15) is 0 Å². The summed E-state index contributed by atoms with van der Waals surface area (Å²) in [5, 5.41) is 0. The van der Waals surface area contributed by atoms with Gasteiger partial charge in [0.1, 0.15) is 4.90 Å². The summed E-state index contributed by atoms with van der Waals surface area (Å²) >= 11 is 0. The second kappa shape index (κ2) is 6.07. The topological polar surface area (TPSA) is 52.6 Å². The Bertz CT molecular complexity index is 866. The molecule has 0 unspecified atom stereocenters. The van der Waals surface area contributed by atoms with Crippen molar-refractivity contribution in [2.75, 3.05) is 14.2 Å². The summed E-state index contributed by atoms with van der Waals surface area (Å²) in [5.74, 6) is -7.90. The van der Waals surface area contributed by atoms with E-state index in [-0.39, 0.29) is 17.6 Å². The van der Waals surface area contributed by atoms with Crippen LogP contribution in [0.3, 0.4) is 0 Å².